The molecule has 1 unspecified atom stereocenters. The average Bonchev–Trinajstić information content (AvgIpc) is 2.94. The summed E-state index contributed by atoms with van der Waals surface area (Å²) in [6.45, 7) is 0.799. The van der Waals surface area contributed by atoms with Gasteiger partial charge in [0.2, 0.25) is 5.78 Å². The molecule has 0 bridgehead atoms. The molecule has 1 saturated heterocycles. The third-order valence-electron chi connectivity index (χ3n) is 2.80. The van der Waals surface area contributed by atoms with Crippen molar-refractivity contribution < 1.29 is 23.8 Å². The first-order valence-corrected chi connectivity index (χ1v) is 5.60. The minimum Gasteiger partial charge on any atom is -0.490 e. The lowest BCUT2D eigenvalue weighted by Gasteiger charge is -2.10. The number of rotatable bonds is 3. The number of hydrogen-bond acceptors (Lipinski definition) is 5. The molecule has 0 radical (unpaired) electrons. The smallest absolute Gasteiger partial charge is 0.407 e. The van der Waals surface area contributed by atoms with E-state index in [0.29, 0.717) is 23.6 Å². The van der Waals surface area contributed by atoms with Gasteiger partial charge in [0, 0.05) is 6.07 Å². The molecule has 6 nitrogen and oxygen atoms in total. The highest BCUT2D eigenvalue weighted by Crippen LogP contribution is 2.29. The highest BCUT2D eigenvalue weighted by atomic mass is 16.6. The van der Waals surface area contributed by atoms with Crippen LogP contribution in [0.15, 0.2) is 18.2 Å². The summed E-state index contributed by atoms with van der Waals surface area (Å²) in [5.74, 6) is 1.11. The number of benzene rings is 1. The Kier molecular flexibility index (Phi) is 2.55. The van der Waals surface area contributed by atoms with Crippen LogP contribution >= 0.6 is 0 Å². The number of ketones is 1. The number of carbonyl (C=O) groups excluding carboxylic acids is 2. The van der Waals surface area contributed by atoms with Crippen LogP contribution in [-0.2, 0) is 4.74 Å². The Morgan fingerprint density at radius 3 is 3.06 bits per heavy atom. The monoisotopic (exact) mass is 249 g/mol. The first kappa shape index (κ1) is 10.9. The summed E-state index contributed by atoms with van der Waals surface area (Å²) in [5.41, 5.74) is 0.580. The van der Waals surface area contributed by atoms with Crippen LogP contribution in [0, 0.1) is 0 Å². The summed E-state index contributed by atoms with van der Waals surface area (Å²) in [4.78, 5) is 22.2. The van der Waals surface area contributed by atoms with Crippen LogP contribution in [-0.4, -0.2) is 37.7 Å². The number of hydrogen-bond donors (Lipinski definition) is 1. The third kappa shape index (κ3) is 1.97. The van der Waals surface area contributed by atoms with Gasteiger partial charge in [-0.2, -0.15) is 0 Å². The topological polar surface area (TPSA) is 73.9 Å². The lowest BCUT2D eigenvalue weighted by atomic mass is 10.1. The molecule has 0 spiro atoms. The van der Waals surface area contributed by atoms with Gasteiger partial charge in [-0.05, 0) is 12.1 Å². The largest absolute Gasteiger partial charge is 0.490 e. The molecule has 18 heavy (non-hydrogen) atoms. The fourth-order valence-electron chi connectivity index (χ4n) is 1.88. The summed E-state index contributed by atoms with van der Waals surface area (Å²) in [7, 11) is 0. The molecular formula is C12H11NO5. The molecule has 1 N–H and O–H groups in total. The molecule has 1 fully saturated rings. The molecule has 0 saturated carbocycles. The molecule has 0 aliphatic carbocycles. The minimum atomic E-state index is -0.425. The van der Waals surface area contributed by atoms with E-state index in [1.54, 1.807) is 18.2 Å². The predicted octanol–water partition coefficient (Wildman–Crippen LogP) is 0.749. The molecule has 2 heterocycles. The van der Waals surface area contributed by atoms with Crippen molar-refractivity contribution in [1.82, 2.24) is 5.32 Å². The van der Waals surface area contributed by atoms with Crippen LogP contribution in [0.5, 0.6) is 11.5 Å². The first-order chi connectivity index (χ1) is 8.72. The van der Waals surface area contributed by atoms with Gasteiger partial charge in [-0.1, -0.05) is 0 Å². The van der Waals surface area contributed by atoms with Gasteiger partial charge >= 0.3 is 6.09 Å². The first-order valence-electron chi connectivity index (χ1n) is 5.60. The summed E-state index contributed by atoms with van der Waals surface area (Å²) < 4.78 is 15.6. The van der Waals surface area contributed by atoms with Gasteiger partial charge in [0.1, 0.15) is 18.1 Å². The number of alkyl carbamates (subject to hydrolysis) is 1. The Balaban J connectivity index is 1.64. The van der Waals surface area contributed by atoms with Gasteiger partial charge in [0.15, 0.2) is 12.7 Å². The summed E-state index contributed by atoms with van der Waals surface area (Å²) >= 11 is 0. The van der Waals surface area contributed by atoms with Crippen LogP contribution in [0.2, 0.25) is 0 Å². The van der Waals surface area contributed by atoms with E-state index in [9.17, 15) is 9.59 Å². The number of nitrogens with one attached hydrogen (secondary N) is 1. The van der Waals surface area contributed by atoms with E-state index < -0.39 is 6.09 Å². The van der Waals surface area contributed by atoms with Gasteiger partial charge in [-0.25, -0.2) is 4.79 Å². The number of carbonyl (C=O) groups is 2. The quantitative estimate of drug-likeness (QED) is 0.855. The Labute approximate surface area is 103 Å². The van der Waals surface area contributed by atoms with Crippen LogP contribution in [0.1, 0.15) is 10.4 Å². The lowest BCUT2D eigenvalue weighted by Crippen LogP contribution is -2.21. The van der Waals surface area contributed by atoms with Crippen LogP contribution in [0.25, 0.3) is 0 Å². The standard InChI is InChI=1S/C12H11NO5/c14-10-6-17-11-3-7(1-2-9(10)11)16-5-8-4-13-12(15)18-8/h1-3,8H,4-6H2,(H,13,15). The molecule has 3 rings (SSSR count). The molecule has 94 valence electrons. The van der Waals surface area contributed by atoms with Gasteiger partial charge < -0.3 is 19.5 Å². The number of fused-ring (bicyclic) bond motifs is 1. The summed E-state index contributed by atoms with van der Waals surface area (Å²) in [5, 5.41) is 2.54. The highest BCUT2D eigenvalue weighted by Gasteiger charge is 2.24. The number of ether oxygens (including phenoxy) is 3. The van der Waals surface area contributed by atoms with E-state index in [0.717, 1.165) is 0 Å². The zero-order chi connectivity index (χ0) is 12.5. The van der Waals surface area contributed by atoms with Crippen molar-refractivity contribution in [2.24, 2.45) is 0 Å². The average molecular weight is 249 g/mol. The van der Waals surface area contributed by atoms with Crippen molar-refractivity contribution in [1.29, 1.82) is 0 Å². The Morgan fingerprint density at radius 2 is 2.28 bits per heavy atom. The zero-order valence-corrected chi connectivity index (χ0v) is 9.47. The predicted molar refractivity (Wildman–Crippen MR) is 60.0 cm³/mol. The number of cyclic esters (lactones) is 1. The van der Waals surface area contributed by atoms with E-state index >= 15 is 0 Å². The summed E-state index contributed by atoms with van der Waals surface area (Å²) in [6, 6.07) is 5.05. The van der Waals surface area contributed by atoms with Gasteiger partial charge in [0.05, 0.1) is 12.1 Å². The van der Waals surface area contributed by atoms with Crippen molar-refractivity contribution in [2.45, 2.75) is 6.10 Å². The molecule has 1 aromatic carbocycles. The Morgan fingerprint density at radius 1 is 1.39 bits per heavy atom. The van der Waals surface area contributed by atoms with Crippen molar-refractivity contribution in [3.05, 3.63) is 23.8 Å². The maximum atomic E-state index is 11.3. The lowest BCUT2D eigenvalue weighted by molar-refractivity contribution is 0.0961. The van der Waals surface area contributed by atoms with E-state index in [4.69, 9.17) is 14.2 Å². The van der Waals surface area contributed by atoms with Crippen molar-refractivity contribution >= 4 is 11.9 Å². The molecule has 1 aromatic rings. The molecule has 1 atom stereocenters. The van der Waals surface area contributed by atoms with Crippen LogP contribution in [0.3, 0.4) is 0 Å². The Bertz CT molecular complexity index is 513. The van der Waals surface area contributed by atoms with Crippen molar-refractivity contribution in [3.8, 4) is 11.5 Å². The van der Waals surface area contributed by atoms with E-state index in [-0.39, 0.29) is 25.1 Å². The van der Waals surface area contributed by atoms with E-state index in [1.165, 1.54) is 0 Å². The highest BCUT2D eigenvalue weighted by molar-refractivity contribution is 6.02. The second-order valence-corrected chi connectivity index (χ2v) is 4.09. The molecule has 2 aliphatic rings. The third-order valence-corrected chi connectivity index (χ3v) is 2.80. The van der Waals surface area contributed by atoms with E-state index in [2.05, 4.69) is 5.32 Å². The second-order valence-electron chi connectivity index (χ2n) is 4.09. The maximum Gasteiger partial charge on any atom is 0.407 e. The van der Waals surface area contributed by atoms with Gasteiger partial charge in [-0.3, -0.25) is 4.79 Å². The fourth-order valence-corrected chi connectivity index (χ4v) is 1.88. The van der Waals surface area contributed by atoms with Crippen molar-refractivity contribution in [2.75, 3.05) is 19.8 Å². The van der Waals surface area contributed by atoms with Gasteiger partial charge in [0.25, 0.3) is 0 Å². The number of Topliss-reactive ketones (excluding diaryl/α,β-unsaturated/α-hetero) is 1. The fraction of sp³-hybridized carbons (Fsp3) is 0.333. The molecule has 2 aliphatic heterocycles. The normalized spacial score (nSPS) is 21.0. The second kappa shape index (κ2) is 4.21. The molecule has 6 heteroatoms. The molecule has 0 aromatic heterocycles. The Hall–Kier alpha value is -2.24. The maximum absolute atomic E-state index is 11.3. The summed E-state index contributed by atoms with van der Waals surface area (Å²) in [6.07, 6.45) is -0.709. The minimum absolute atomic E-state index is 0.0227. The van der Waals surface area contributed by atoms with Crippen LogP contribution in [0.4, 0.5) is 4.79 Å². The molecule has 1 amide bonds. The van der Waals surface area contributed by atoms with Crippen molar-refractivity contribution in [3.63, 3.8) is 0 Å². The van der Waals surface area contributed by atoms with E-state index in [1.807, 2.05) is 0 Å². The zero-order valence-electron chi connectivity index (χ0n) is 9.47. The molecular weight excluding hydrogens is 238 g/mol. The van der Waals surface area contributed by atoms with Gasteiger partial charge in [-0.15, -0.1) is 0 Å². The SMILES string of the molecule is O=C1NCC(COc2ccc3c(c2)OCC3=O)O1. The van der Waals surface area contributed by atoms with Crippen LogP contribution < -0.4 is 14.8 Å². The number of amides is 1.